The smallest absolute Gasteiger partial charge is 0.325 e. The number of hydrogen-bond acceptors (Lipinski definition) is 7. The fourth-order valence-electron chi connectivity index (χ4n) is 1.29. The fraction of sp³-hybridized carbons (Fsp3) is 0.300. The van der Waals surface area contributed by atoms with E-state index in [9.17, 15) is 9.59 Å². The first kappa shape index (κ1) is 13.5. The normalized spacial score (nSPS) is 10.3. The number of carboxylic acid groups (broad SMARTS) is 1. The van der Waals surface area contributed by atoms with Gasteiger partial charge in [-0.15, -0.1) is 10.2 Å². The summed E-state index contributed by atoms with van der Waals surface area (Å²) in [6, 6.07) is 0. The molecule has 0 unspecified atom stereocenters. The minimum Gasteiger partial charge on any atom is -0.480 e. The lowest BCUT2D eigenvalue weighted by molar-refractivity contribution is -0.137. The van der Waals surface area contributed by atoms with Gasteiger partial charge < -0.3 is 5.11 Å². The zero-order chi connectivity index (χ0) is 14.7. The number of amides is 1. The van der Waals surface area contributed by atoms with Gasteiger partial charge in [-0.2, -0.15) is 5.10 Å². The van der Waals surface area contributed by atoms with E-state index in [1.807, 2.05) is 0 Å². The van der Waals surface area contributed by atoms with Gasteiger partial charge in [0.05, 0.1) is 17.6 Å². The summed E-state index contributed by atoms with van der Waals surface area (Å²) in [6.07, 6.45) is 1.22. The number of aromatic nitrogens is 6. The predicted molar refractivity (Wildman–Crippen MR) is 64.9 cm³/mol. The summed E-state index contributed by atoms with van der Waals surface area (Å²) in [5.74, 6) is -1.62. The van der Waals surface area contributed by atoms with Crippen LogP contribution >= 0.6 is 0 Å². The Balaban J connectivity index is 2.09. The molecule has 0 aliphatic carbocycles. The number of aliphatic carboxylic acids is 1. The topological polar surface area (TPSA) is 136 Å². The molecule has 0 radical (unpaired) electrons. The van der Waals surface area contributed by atoms with E-state index in [0.717, 1.165) is 4.68 Å². The van der Waals surface area contributed by atoms with Crippen molar-refractivity contribution in [3.8, 4) is 0 Å². The zero-order valence-electron chi connectivity index (χ0n) is 10.7. The van der Waals surface area contributed by atoms with Crippen molar-refractivity contribution >= 4 is 17.8 Å². The van der Waals surface area contributed by atoms with Crippen molar-refractivity contribution in [2.75, 3.05) is 5.32 Å². The van der Waals surface area contributed by atoms with E-state index in [4.69, 9.17) is 5.11 Å². The minimum atomic E-state index is -1.08. The van der Waals surface area contributed by atoms with Crippen LogP contribution in [-0.4, -0.2) is 47.2 Å². The number of anilines is 1. The van der Waals surface area contributed by atoms with Gasteiger partial charge in [-0.1, -0.05) is 5.21 Å². The summed E-state index contributed by atoms with van der Waals surface area (Å²) in [7, 11) is 0. The molecule has 0 aliphatic heterocycles. The molecule has 0 aliphatic rings. The Bertz CT molecular complexity index is 667. The third kappa shape index (κ3) is 3.10. The molecular weight excluding hydrogens is 266 g/mol. The molecule has 0 saturated carbocycles. The standard InChI is InChI=1S/C10H11N7O3/c1-5-6(2)13-15-10(11-5)12-9(20)7-3-17(16-14-7)4-8(18)19/h3H,4H2,1-2H3,(H,18,19)(H,11,12,15,20). The van der Waals surface area contributed by atoms with Gasteiger partial charge in [0.15, 0.2) is 5.69 Å². The van der Waals surface area contributed by atoms with Gasteiger partial charge in [0.2, 0.25) is 5.95 Å². The molecule has 0 atom stereocenters. The second-order valence-electron chi connectivity index (χ2n) is 3.96. The fourth-order valence-corrected chi connectivity index (χ4v) is 1.29. The number of nitrogens with zero attached hydrogens (tertiary/aromatic N) is 6. The lowest BCUT2D eigenvalue weighted by Crippen LogP contribution is -2.16. The molecule has 2 aromatic rings. The van der Waals surface area contributed by atoms with Crippen molar-refractivity contribution in [2.45, 2.75) is 20.4 Å². The Morgan fingerprint density at radius 1 is 1.25 bits per heavy atom. The van der Waals surface area contributed by atoms with Gasteiger partial charge in [-0.25, -0.2) is 9.67 Å². The average molecular weight is 277 g/mol. The molecule has 0 spiro atoms. The van der Waals surface area contributed by atoms with Crippen molar-refractivity contribution < 1.29 is 14.7 Å². The second kappa shape index (κ2) is 5.38. The molecule has 2 heterocycles. The van der Waals surface area contributed by atoms with Crippen molar-refractivity contribution in [1.82, 2.24) is 30.2 Å². The van der Waals surface area contributed by atoms with Crippen molar-refractivity contribution in [1.29, 1.82) is 0 Å². The lowest BCUT2D eigenvalue weighted by Gasteiger charge is -2.02. The Morgan fingerprint density at radius 2 is 2.00 bits per heavy atom. The molecule has 0 bridgehead atoms. The molecule has 20 heavy (non-hydrogen) atoms. The van der Waals surface area contributed by atoms with Crippen LogP contribution in [0.25, 0.3) is 0 Å². The summed E-state index contributed by atoms with van der Waals surface area (Å²) >= 11 is 0. The SMILES string of the molecule is Cc1nnc(NC(=O)c2cn(CC(=O)O)nn2)nc1C. The Hall–Kier alpha value is -2.91. The summed E-state index contributed by atoms with van der Waals surface area (Å²) < 4.78 is 1.04. The number of carbonyl (C=O) groups is 2. The summed E-state index contributed by atoms with van der Waals surface area (Å²) in [4.78, 5) is 26.4. The molecule has 104 valence electrons. The van der Waals surface area contributed by atoms with E-state index in [-0.39, 0.29) is 18.2 Å². The zero-order valence-corrected chi connectivity index (χ0v) is 10.7. The highest BCUT2D eigenvalue weighted by atomic mass is 16.4. The molecule has 2 rings (SSSR count). The molecular formula is C10H11N7O3. The highest BCUT2D eigenvalue weighted by Gasteiger charge is 2.14. The first-order valence-electron chi connectivity index (χ1n) is 5.57. The number of nitrogens with one attached hydrogen (secondary N) is 1. The highest BCUT2D eigenvalue weighted by Crippen LogP contribution is 2.04. The van der Waals surface area contributed by atoms with Crippen LogP contribution in [0.4, 0.5) is 5.95 Å². The minimum absolute atomic E-state index is 0.0342. The van der Waals surface area contributed by atoms with Crippen LogP contribution in [0.15, 0.2) is 6.20 Å². The molecule has 10 nitrogen and oxygen atoms in total. The van der Waals surface area contributed by atoms with Crippen LogP contribution in [0.5, 0.6) is 0 Å². The van der Waals surface area contributed by atoms with Crippen LogP contribution in [0.2, 0.25) is 0 Å². The van der Waals surface area contributed by atoms with Crippen LogP contribution in [0, 0.1) is 13.8 Å². The monoisotopic (exact) mass is 277 g/mol. The van der Waals surface area contributed by atoms with Crippen LogP contribution in [-0.2, 0) is 11.3 Å². The number of carbonyl (C=O) groups excluding carboxylic acids is 1. The van der Waals surface area contributed by atoms with Crippen LogP contribution < -0.4 is 5.32 Å². The van der Waals surface area contributed by atoms with Gasteiger partial charge in [0, 0.05) is 0 Å². The molecule has 0 aromatic carbocycles. The Labute approximate surface area is 112 Å². The van der Waals surface area contributed by atoms with E-state index < -0.39 is 11.9 Å². The molecule has 10 heteroatoms. The third-order valence-electron chi connectivity index (χ3n) is 2.39. The maximum Gasteiger partial charge on any atom is 0.325 e. The van der Waals surface area contributed by atoms with Gasteiger partial charge in [-0.05, 0) is 13.8 Å². The van der Waals surface area contributed by atoms with Gasteiger partial charge in [0.25, 0.3) is 5.91 Å². The third-order valence-corrected chi connectivity index (χ3v) is 2.39. The van der Waals surface area contributed by atoms with E-state index >= 15 is 0 Å². The molecule has 1 amide bonds. The highest BCUT2D eigenvalue weighted by molar-refractivity contribution is 6.01. The Morgan fingerprint density at radius 3 is 2.65 bits per heavy atom. The first-order chi connectivity index (χ1) is 9.45. The number of carboxylic acids is 1. The van der Waals surface area contributed by atoms with E-state index in [1.54, 1.807) is 13.8 Å². The number of hydrogen-bond donors (Lipinski definition) is 2. The molecule has 2 aromatic heterocycles. The van der Waals surface area contributed by atoms with Crippen molar-refractivity contribution in [2.24, 2.45) is 0 Å². The summed E-state index contributed by atoms with van der Waals surface area (Å²) in [5, 5.41) is 25.6. The maximum atomic E-state index is 11.8. The van der Waals surface area contributed by atoms with Crippen molar-refractivity contribution in [3.63, 3.8) is 0 Å². The number of rotatable bonds is 4. The quantitative estimate of drug-likeness (QED) is 0.757. The summed E-state index contributed by atoms with van der Waals surface area (Å²) in [5.41, 5.74) is 1.27. The molecule has 0 saturated heterocycles. The van der Waals surface area contributed by atoms with E-state index in [1.165, 1.54) is 6.20 Å². The average Bonchev–Trinajstić information content (AvgIpc) is 2.81. The van der Waals surface area contributed by atoms with Gasteiger partial charge in [0.1, 0.15) is 6.54 Å². The predicted octanol–water partition coefficient (Wildman–Crippen LogP) is -0.583. The van der Waals surface area contributed by atoms with Gasteiger partial charge in [-0.3, -0.25) is 14.9 Å². The maximum absolute atomic E-state index is 11.8. The van der Waals surface area contributed by atoms with E-state index in [2.05, 4.69) is 30.8 Å². The first-order valence-corrected chi connectivity index (χ1v) is 5.57. The van der Waals surface area contributed by atoms with Crippen LogP contribution in [0.1, 0.15) is 21.9 Å². The Kier molecular flexibility index (Phi) is 3.64. The van der Waals surface area contributed by atoms with Crippen molar-refractivity contribution in [3.05, 3.63) is 23.3 Å². The summed E-state index contributed by atoms with van der Waals surface area (Å²) in [6.45, 7) is 3.11. The van der Waals surface area contributed by atoms with Crippen LogP contribution in [0.3, 0.4) is 0 Å². The molecule has 2 N–H and O–H groups in total. The lowest BCUT2D eigenvalue weighted by atomic mass is 10.4. The van der Waals surface area contributed by atoms with E-state index in [0.29, 0.717) is 11.4 Å². The van der Waals surface area contributed by atoms with Gasteiger partial charge >= 0.3 is 5.97 Å². The number of aryl methyl sites for hydroxylation is 2. The molecule has 0 fully saturated rings. The second-order valence-corrected chi connectivity index (χ2v) is 3.96. The largest absolute Gasteiger partial charge is 0.480 e.